The normalized spacial score (nSPS) is 23.0. The lowest BCUT2D eigenvalue weighted by atomic mass is 9.87. The topological polar surface area (TPSA) is 46.1 Å². The first-order valence-electron chi connectivity index (χ1n) is 8.24. The monoisotopic (exact) mass is 499 g/mol. The van der Waals surface area contributed by atoms with E-state index in [0.717, 1.165) is 38.7 Å². The van der Waals surface area contributed by atoms with E-state index < -0.39 is 0 Å². The molecule has 3 rings (SSSR count). The molecule has 8 heteroatoms. The number of likely N-dealkylation sites (tertiary alicyclic amines) is 1. The van der Waals surface area contributed by atoms with Crippen molar-refractivity contribution in [3.05, 3.63) is 28.2 Å². The largest absolute Gasteiger partial charge is 0.490 e. The fourth-order valence-corrected chi connectivity index (χ4v) is 3.69. The van der Waals surface area contributed by atoms with Gasteiger partial charge in [0.1, 0.15) is 17.4 Å². The van der Waals surface area contributed by atoms with Gasteiger partial charge in [0.05, 0.1) is 18.2 Å². The molecule has 25 heavy (non-hydrogen) atoms. The number of ether oxygens (including phenoxy) is 2. The van der Waals surface area contributed by atoms with E-state index in [0.29, 0.717) is 34.4 Å². The van der Waals surface area contributed by atoms with E-state index in [1.54, 1.807) is 6.07 Å². The van der Waals surface area contributed by atoms with Crippen LogP contribution >= 0.6 is 47.2 Å². The summed E-state index contributed by atoms with van der Waals surface area (Å²) in [4.78, 5) is 6.70. The Morgan fingerprint density at radius 2 is 2.24 bits per heavy atom. The molecule has 1 atom stereocenters. The molecule has 0 bridgehead atoms. The average Bonchev–Trinajstić information content (AvgIpc) is 3.22. The predicted octanol–water partition coefficient (Wildman–Crippen LogP) is 3.68. The maximum Gasteiger partial charge on any atom is 0.193 e. The van der Waals surface area contributed by atoms with Crippen LogP contribution in [0.2, 0.25) is 10.0 Å². The highest BCUT2D eigenvalue weighted by Gasteiger charge is 2.42. The minimum absolute atomic E-state index is 0. The van der Waals surface area contributed by atoms with Gasteiger partial charge in [-0.05, 0) is 25.0 Å². The quantitative estimate of drug-likeness (QED) is 0.297. The highest BCUT2D eigenvalue weighted by atomic mass is 127. The van der Waals surface area contributed by atoms with Crippen LogP contribution in [0.5, 0.6) is 5.75 Å². The van der Waals surface area contributed by atoms with Crippen molar-refractivity contribution in [1.82, 2.24) is 10.2 Å². The van der Waals surface area contributed by atoms with Gasteiger partial charge in [-0.1, -0.05) is 29.3 Å². The molecule has 140 valence electrons. The van der Waals surface area contributed by atoms with Crippen molar-refractivity contribution >= 4 is 53.1 Å². The molecule has 2 aliphatic rings. The zero-order valence-corrected chi connectivity index (χ0v) is 18.1. The number of rotatable bonds is 4. The van der Waals surface area contributed by atoms with E-state index >= 15 is 0 Å². The van der Waals surface area contributed by atoms with Crippen LogP contribution in [-0.2, 0) is 4.74 Å². The van der Waals surface area contributed by atoms with Gasteiger partial charge in [0.15, 0.2) is 5.96 Å². The van der Waals surface area contributed by atoms with E-state index in [1.165, 1.54) is 6.42 Å². The molecule has 1 spiro atoms. The van der Waals surface area contributed by atoms with E-state index in [2.05, 4.69) is 15.2 Å². The molecule has 0 aromatic heterocycles. The highest BCUT2D eigenvalue weighted by Crippen LogP contribution is 2.38. The number of guanidine groups is 1. The standard InChI is InChI=1S/C17H23Cl2N3O2.HI/c1-20-16(22-8-5-17(11-22)6-9-23-12-17)21-7-10-24-14-4-2-3-13(18)15(14)19;/h2-4H,5-12H2,1H3,(H,20,21);1H. The summed E-state index contributed by atoms with van der Waals surface area (Å²) in [5.74, 6) is 1.52. The molecule has 2 aliphatic heterocycles. The lowest BCUT2D eigenvalue weighted by Gasteiger charge is -2.25. The van der Waals surface area contributed by atoms with Crippen molar-refractivity contribution in [3.63, 3.8) is 0 Å². The van der Waals surface area contributed by atoms with Gasteiger partial charge in [0.2, 0.25) is 0 Å². The summed E-state index contributed by atoms with van der Waals surface area (Å²) in [6.45, 7) is 4.92. The van der Waals surface area contributed by atoms with Gasteiger partial charge >= 0.3 is 0 Å². The van der Waals surface area contributed by atoms with Gasteiger partial charge in [0, 0.05) is 32.2 Å². The maximum absolute atomic E-state index is 6.11. The Labute approximate surface area is 176 Å². The van der Waals surface area contributed by atoms with Crippen molar-refractivity contribution in [2.45, 2.75) is 12.8 Å². The Hall–Kier alpha value is -0.440. The first kappa shape index (κ1) is 20.9. The molecule has 0 aliphatic carbocycles. The first-order chi connectivity index (χ1) is 11.6. The van der Waals surface area contributed by atoms with Gasteiger partial charge in [0.25, 0.3) is 0 Å². The number of aliphatic imine (C=N–C) groups is 1. The van der Waals surface area contributed by atoms with Crippen molar-refractivity contribution in [3.8, 4) is 5.75 Å². The molecule has 5 nitrogen and oxygen atoms in total. The Morgan fingerprint density at radius 3 is 2.96 bits per heavy atom. The highest BCUT2D eigenvalue weighted by molar-refractivity contribution is 14.0. The van der Waals surface area contributed by atoms with E-state index in [1.807, 2.05) is 19.2 Å². The number of halogens is 3. The molecule has 2 saturated heterocycles. The van der Waals surface area contributed by atoms with Crippen LogP contribution in [-0.4, -0.2) is 57.4 Å². The second-order valence-electron chi connectivity index (χ2n) is 6.35. The number of hydrogen-bond acceptors (Lipinski definition) is 3. The van der Waals surface area contributed by atoms with E-state index in [9.17, 15) is 0 Å². The molecule has 1 aromatic carbocycles. The molecule has 1 unspecified atom stereocenters. The second kappa shape index (κ2) is 9.48. The fraction of sp³-hybridized carbons (Fsp3) is 0.588. The molecule has 0 radical (unpaired) electrons. The van der Waals surface area contributed by atoms with E-state index in [4.69, 9.17) is 32.7 Å². The van der Waals surface area contributed by atoms with Crippen molar-refractivity contribution in [1.29, 1.82) is 0 Å². The Kier molecular flexibility index (Phi) is 7.91. The van der Waals surface area contributed by atoms with Crippen LogP contribution in [0.4, 0.5) is 0 Å². The number of benzene rings is 1. The lowest BCUT2D eigenvalue weighted by molar-refractivity contribution is 0.156. The summed E-state index contributed by atoms with van der Waals surface area (Å²) in [5, 5.41) is 4.31. The molecule has 2 heterocycles. The van der Waals surface area contributed by atoms with Crippen LogP contribution < -0.4 is 10.1 Å². The van der Waals surface area contributed by atoms with Crippen molar-refractivity contribution < 1.29 is 9.47 Å². The summed E-state index contributed by atoms with van der Waals surface area (Å²) >= 11 is 12.1. The van der Waals surface area contributed by atoms with Crippen molar-refractivity contribution in [2.75, 3.05) is 46.5 Å². The first-order valence-corrected chi connectivity index (χ1v) is 8.99. The molecular weight excluding hydrogens is 476 g/mol. The third-order valence-electron chi connectivity index (χ3n) is 4.69. The zero-order valence-electron chi connectivity index (χ0n) is 14.3. The number of hydrogen-bond donors (Lipinski definition) is 1. The summed E-state index contributed by atoms with van der Waals surface area (Å²) in [6.07, 6.45) is 2.32. The Balaban J connectivity index is 0.00000225. The lowest BCUT2D eigenvalue weighted by Crippen LogP contribution is -2.42. The van der Waals surface area contributed by atoms with Gasteiger partial charge in [-0.2, -0.15) is 0 Å². The predicted molar refractivity (Wildman–Crippen MR) is 113 cm³/mol. The van der Waals surface area contributed by atoms with Gasteiger partial charge in [-0.15, -0.1) is 24.0 Å². The molecule has 1 N–H and O–H groups in total. The number of nitrogens with zero attached hydrogens (tertiary/aromatic N) is 2. The van der Waals surface area contributed by atoms with E-state index in [-0.39, 0.29) is 24.0 Å². The van der Waals surface area contributed by atoms with Crippen LogP contribution in [0.25, 0.3) is 0 Å². The molecule has 2 fully saturated rings. The van der Waals surface area contributed by atoms with Gasteiger partial charge < -0.3 is 19.7 Å². The summed E-state index contributed by atoms with van der Waals surface area (Å²) in [5.41, 5.74) is 0.322. The Bertz CT molecular complexity index is 610. The molecule has 1 aromatic rings. The zero-order chi connectivity index (χ0) is 17.0. The summed E-state index contributed by atoms with van der Waals surface area (Å²) in [7, 11) is 1.81. The second-order valence-corrected chi connectivity index (χ2v) is 7.13. The Morgan fingerprint density at radius 1 is 1.40 bits per heavy atom. The number of nitrogens with one attached hydrogen (secondary N) is 1. The summed E-state index contributed by atoms with van der Waals surface area (Å²) in [6, 6.07) is 5.38. The smallest absolute Gasteiger partial charge is 0.193 e. The third kappa shape index (κ3) is 5.05. The molecule has 0 saturated carbocycles. The minimum Gasteiger partial charge on any atom is -0.490 e. The van der Waals surface area contributed by atoms with Gasteiger partial charge in [-0.25, -0.2) is 0 Å². The third-order valence-corrected chi connectivity index (χ3v) is 5.50. The molecule has 0 amide bonds. The van der Waals surface area contributed by atoms with Crippen LogP contribution in [0.3, 0.4) is 0 Å². The molecular formula is C17H24Cl2IN3O2. The maximum atomic E-state index is 6.11. The summed E-state index contributed by atoms with van der Waals surface area (Å²) < 4.78 is 11.3. The van der Waals surface area contributed by atoms with Crippen LogP contribution in [0.15, 0.2) is 23.2 Å². The van der Waals surface area contributed by atoms with Crippen LogP contribution in [0.1, 0.15) is 12.8 Å². The van der Waals surface area contributed by atoms with Crippen LogP contribution in [0, 0.1) is 5.41 Å². The average molecular weight is 500 g/mol. The van der Waals surface area contributed by atoms with Gasteiger partial charge in [-0.3, -0.25) is 4.99 Å². The minimum atomic E-state index is 0. The fourth-order valence-electron chi connectivity index (χ4n) is 3.34. The SMILES string of the molecule is CN=C(NCCOc1cccc(Cl)c1Cl)N1CCC2(CCOC2)C1.I. The van der Waals surface area contributed by atoms with Crippen molar-refractivity contribution in [2.24, 2.45) is 10.4 Å².